The maximum absolute atomic E-state index is 5.41. The average Bonchev–Trinajstić information content (AvgIpc) is 2.94. The van der Waals surface area contributed by atoms with Crippen LogP contribution in [0.15, 0.2) is 43.0 Å². The van der Waals surface area contributed by atoms with Crippen molar-refractivity contribution in [2.24, 2.45) is 0 Å². The molecular formula is C13H14N4S. The number of rotatable bonds is 3. The fourth-order valence-electron chi connectivity index (χ4n) is 2.29. The first-order valence-electron chi connectivity index (χ1n) is 5.90. The minimum Gasteiger partial charge on any atom is -0.335 e. The lowest BCUT2D eigenvalue weighted by atomic mass is 10.2. The highest BCUT2D eigenvalue weighted by Gasteiger charge is 2.10. The van der Waals surface area contributed by atoms with Crippen LogP contribution in [0.2, 0.25) is 0 Å². The molecule has 4 nitrogen and oxygen atoms in total. The van der Waals surface area contributed by atoms with Crippen LogP contribution in [0.5, 0.6) is 0 Å². The standard InChI is InChI=1S/C13H14N4S/c1-10(8-16-7-6-14-9-16)17-12-5-3-2-4-11(12)15-13(17)18/h2-7,9-10H,8H2,1H3,(H,15,18). The summed E-state index contributed by atoms with van der Waals surface area (Å²) in [6.07, 6.45) is 5.59. The highest BCUT2D eigenvalue weighted by molar-refractivity contribution is 7.71. The number of hydrogen-bond acceptors (Lipinski definition) is 2. The van der Waals surface area contributed by atoms with Crippen molar-refractivity contribution in [1.82, 2.24) is 19.1 Å². The molecule has 0 amide bonds. The molecule has 0 saturated heterocycles. The van der Waals surface area contributed by atoms with Gasteiger partial charge in [0.2, 0.25) is 0 Å². The molecule has 2 aromatic heterocycles. The Hall–Kier alpha value is -1.88. The van der Waals surface area contributed by atoms with Crippen molar-refractivity contribution in [2.45, 2.75) is 19.5 Å². The smallest absolute Gasteiger partial charge is 0.178 e. The molecule has 0 aliphatic heterocycles. The molecule has 5 heteroatoms. The number of hydrogen-bond donors (Lipinski definition) is 1. The molecule has 1 unspecified atom stereocenters. The van der Waals surface area contributed by atoms with Gasteiger partial charge in [-0.25, -0.2) is 4.98 Å². The zero-order chi connectivity index (χ0) is 12.5. The number of H-pyrrole nitrogens is 1. The molecule has 0 bridgehead atoms. The Kier molecular flexibility index (Phi) is 2.76. The summed E-state index contributed by atoms with van der Waals surface area (Å²) in [5.41, 5.74) is 2.23. The third-order valence-electron chi connectivity index (χ3n) is 3.10. The second-order valence-electron chi connectivity index (χ2n) is 4.43. The Balaban J connectivity index is 2.03. The fraction of sp³-hybridized carbons (Fsp3) is 0.231. The fourth-order valence-corrected chi connectivity index (χ4v) is 2.68. The van der Waals surface area contributed by atoms with E-state index in [-0.39, 0.29) is 6.04 Å². The van der Waals surface area contributed by atoms with Gasteiger partial charge in [0.15, 0.2) is 4.77 Å². The lowest BCUT2D eigenvalue weighted by Crippen LogP contribution is -2.12. The van der Waals surface area contributed by atoms with Gasteiger partial charge in [-0.05, 0) is 31.3 Å². The molecular weight excluding hydrogens is 244 g/mol. The average molecular weight is 258 g/mol. The summed E-state index contributed by atoms with van der Waals surface area (Å²) >= 11 is 5.41. The summed E-state index contributed by atoms with van der Waals surface area (Å²) in [4.78, 5) is 7.30. The van der Waals surface area contributed by atoms with E-state index in [4.69, 9.17) is 12.2 Å². The predicted octanol–water partition coefficient (Wildman–Crippen LogP) is 3.16. The van der Waals surface area contributed by atoms with E-state index in [0.717, 1.165) is 22.3 Å². The summed E-state index contributed by atoms with van der Waals surface area (Å²) in [7, 11) is 0. The molecule has 18 heavy (non-hydrogen) atoms. The molecule has 0 aliphatic rings. The summed E-state index contributed by atoms with van der Waals surface area (Å²) in [5.74, 6) is 0. The van der Waals surface area contributed by atoms with Gasteiger partial charge in [-0.3, -0.25) is 0 Å². The molecule has 92 valence electrons. The number of imidazole rings is 2. The van der Waals surface area contributed by atoms with E-state index in [1.165, 1.54) is 0 Å². The van der Waals surface area contributed by atoms with Crippen LogP contribution in [0.1, 0.15) is 13.0 Å². The van der Waals surface area contributed by atoms with Gasteiger partial charge < -0.3 is 14.1 Å². The van der Waals surface area contributed by atoms with Crippen molar-refractivity contribution in [3.63, 3.8) is 0 Å². The minimum absolute atomic E-state index is 0.280. The maximum Gasteiger partial charge on any atom is 0.178 e. The molecule has 3 aromatic rings. The van der Waals surface area contributed by atoms with Gasteiger partial charge in [-0.15, -0.1) is 0 Å². The SMILES string of the molecule is CC(Cn1ccnc1)n1c(=S)[nH]c2ccccc21. The summed E-state index contributed by atoms with van der Waals surface area (Å²) < 4.78 is 4.99. The van der Waals surface area contributed by atoms with Crippen LogP contribution in [0.4, 0.5) is 0 Å². The number of aromatic amines is 1. The number of fused-ring (bicyclic) bond motifs is 1. The summed E-state index contributed by atoms with van der Waals surface area (Å²) in [6.45, 7) is 3.02. The quantitative estimate of drug-likeness (QED) is 0.733. The van der Waals surface area contributed by atoms with Gasteiger partial charge in [0, 0.05) is 18.9 Å². The first-order chi connectivity index (χ1) is 8.75. The van der Waals surface area contributed by atoms with Gasteiger partial charge in [0.05, 0.1) is 23.4 Å². The second-order valence-corrected chi connectivity index (χ2v) is 4.81. The van der Waals surface area contributed by atoms with Crippen molar-refractivity contribution < 1.29 is 0 Å². The van der Waals surface area contributed by atoms with Crippen molar-refractivity contribution in [1.29, 1.82) is 0 Å². The van der Waals surface area contributed by atoms with Crippen LogP contribution < -0.4 is 0 Å². The molecule has 0 spiro atoms. The Bertz CT molecular complexity index is 708. The Morgan fingerprint density at radius 3 is 3.00 bits per heavy atom. The van der Waals surface area contributed by atoms with Gasteiger partial charge in [0.25, 0.3) is 0 Å². The lowest BCUT2D eigenvalue weighted by molar-refractivity contribution is 0.470. The first kappa shape index (κ1) is 11.2. The van der Waals surface area contributed by atoms with Crippen LogP contribution in [-0.4, -0.2) is 19.1 Å². The number of para-hydroxylation sites is 2. The van der Waals surface area contributed by atoms with E-state index >= 15 is 0 Å². The van der Waals surface area contributed by atoms with E-state index in [9.17, 15) is 0 Å². The van der Waals surface area contributed by atoms with Gasteiger partial charge in [-0.2, -0.15) is 0 Å². The highest BCUT2D eigenvalue weighted by Crippen LogP contribution is 2.19. The van der Waals surface area contributed by atoms with Crippen molar-refractivity contribution in [3.05, 3.63) is 47.8 Å². The largest absolute Gasteiger partial charge is 0.335 e. The third-order valence-corrected chi connectivity index (χ3v) is 3.40. The predicted molar refractivity (Wildman–Crippen MR) is 74.1 cm³/mol. The Labute approximate surface area is 110 Å². The van der Waals surface area contributed by atoms with Crippen LogP contribution in [0.3, 0.4) is 0 Å². The highest BCUT2D eigenvalue weighted by atomic mass is 32.1. The van der Waals surface area contributed by atoms with Crippen LogP contribution >= 0.6 is 12.2 Å². The molecule has 0 saturated carbocycles. The first-order valence-corrected chi connectivity index (χ1v) is 6.31. The molecule has 0 radical (unpaired) electrons. The lowest BCUT2D eigenvalue weighted by Gasteiger charge is -2.15. The molecule has 0 fully saturated rings. The van der Waals surface area contributed by atoms with Gasteiger partial charge >= 0.3 is 0 Å². The van der Waals surface area contributed by atoms with Crippen LogP contribution in [-0.2, 0) is 6.54 Å². The van der Waals surface area contributed by atoms with E-state index in [1.807, 2.05) is 30.7 Å². The molecule has 2 heterocycles. The van der Waals surface area contributed by atoms with E-state index < -0.39 is 0 Å². The molecule has 1 aromatic carbocycles. The zero-order valence-corrected chi connectivity index (χ0v) is 10.9. The van der Waals surface area contributed by atoms with Crippen molar-refractivity contribution in [3.8, 4) is 0 Å². The van der Waals surface area contributed by atoms with Gasteiger partial charge in [0.1, 0.15) is 0 Å². The Morgan fingerprint density at radius 2 is 2.22 bits per heavy atom. The number of nitrogens with one attached hydrogen (secondary N) is 1. The molecule has 0 aliphatic carbocycles. The Morgan fingerprint density at radius 1 is 1.39 bits per heavy atom. The second kappa shape index (κ2) is 4.42. The normalized spacial score (nSPS) is 12.9. The van der Waals surface area contributed by atoms with E-state index in [2.05, 4.69) is 32.1 Å². The molecule has 3 rings (SSSR count). The van der Waals surface area contributed by atoms with Gasteiger partial charge in [-0.1, -0.05) is 12.1 Å². The molecule has 1 atom stereocenters. The van der Waals surface area contributed by atoms with Crippen LogP contribution in [0.25, 0.3) is 11.0 Å². The number of nitrogens with zero attached hydrogens (tertiary/aromatic N) is 3. The van der Waals surface area contributed by atoms with E-state index in [1.54, 1.807) is 6.20 Å². The number of aromatic nitrogens is 4. The topological polar surface area (TPSA) is 38.5 Å². The summed E-state index contributed by atoms with van der Waals surface area (Å²) in [6, 6.07) is 8.46. The zero-order valence-electron chi connectivity index (χ0n) is 10.1. The van der Waals surface area contributed by atoms with Crippen molar-refractivity contribution in [2.75, 3.05) is 0 Å². The maximum atomic E-state index is 5.41. The van der Waals surface area contributed by atoms with Crippen LogP contribution in [0, 0.1) is 4.77 Å². The number of benzene rings is 1. The van der Waals surface area contributed by atoms with E-state index in [0.29, 0.717) is 0 Å². The molecule has 1 N–H and O–H groups in total. The summed E-state index contributed by atoms with van der Waals surface area (Å²) in [5, 5.41) is 0. The third kappa shape index (κ3) is 1.86. The monoisotopic (exact) mass is 258 g/mol. The van der Waals surface area contributed by atoms with Crippen molar-refractivity contribution >= 4 is 23.3 Å². The minimum atomic E-state index is 0.280.